The molecule has 0 saturated carbocycles. The molecule has 0 saturated heterocycles. The Morgan fingerprint density at radius 1 is 1.40 bits per heavy atom. The van der Waals surface area contributed by atoms with Crippen molar-refractivity contribution in [1.29, 1.82) is 0 Å². The summed E-state index contributed by atoms with van der Waals surface area (Å²) in [6.45, 7) is 1.89. The fourth-order valence-electron chi connectivity index (χ4n) is 1.08. The molecule has 0 spiro atoms. The topological polar surface area (TPSA) is 43.4 Å². The number of hydrogen-bond donors (Lipinski definition) is 0. The summed E-state index contributed by atoms with van der Waals surface area (Å²) < 4.78 is 4.64. The summed E-state index contributed by atoms with van der Waals surface area (Å²) in [5.41, 5.74) is 0.375. The van der Waals surface area contributed by atoms with Crippen LogP contribution in [0.2, 0.25) is 0 Å². The number of ether oxygens (including phenoxy) is 1. The fourth-order valence-corrected chi connectivity index (χ4v) is 1.54. The van der Waals surface area contributed by atoms with Crippen LogP contribution in [0.15, 0.2) is 29.2 Å². The molecule has 4 heteroatoms. The number of Topliss-reactive ketones (excluding diaryl/α,β-unsaturated/α-hetero) is 1. The van der Waals surface area contributed by atoms with Crippen LogP contribution in [0, 0.1) is 0 Å². The Labute approximate surface area is 92.8 Å². The molecule has 0 unspecified atom stereocenters. The SMILES string of the molecule is CCOC(=O)C(=O)c1cccc(SC)c1. The molecule has 0 amide bonds. The van der Waals surface area contributed by atoms with E-state index in [0.29, 0.717) is 5.56 Å². The average Bonchev–Trinajstić information content (AvgIpc) is 2.28. The molecule has 0 radical (unpaired) electrons. The molecular formula is C11H12O3S. The van der Waals surface area contributed by atoms with E-state index in [9.17, 15) is 9.59 Å². The van der Waals surface area contributed by atoms with Crippen molar-refractivity contribution in [3.05, 3.63) is 29.8 Å². The van der Waals surface area contributed by atoms with Gasteiger partial charge in [-0.25, -0.2) is 4.79 Å². The van der Waals surface area contributed by atoms with Gasteiger partial charge in [0.15, 0.2) is 0 Å². The molecule has 0 N–H and O–H groups in total. The van der Waals surface area contributed by atoms with Crippen molar-refractivity contribution in [2.24, 2.45) is 0 Å². The maximum absolute atomic E-state index is 11.5. The average molecular weight is 224 g/mol. The van der Waals surface area contributed by atoms with Gasteiger partial charge in [-0.05, 0) is 25.3 Å². The zero-order chi connectivity index (χ0) is 11.3. The molecule has 80 valence electrons. The molecule has 0 heterocycles. The van der Waals surface area contributed by atoms with E-state index in [4.69, 9.17) is 0 Å². The lowest BCUT2D eigenvalue weighted by Crippen LogP contribution is -2.17. The minimum atomic E-state index is -0.796. The molecule has 0 bridgehead atoms. The van der Waals surface area contributed by atoms with Crippen molar-refractivity contribution in [1.82, 2.24) is 0 Å². The third-order valence-corrected chi connectivity index (χ3v) is 2.52. The van der Waals surface area contributed by atoms with Gasteiger partial charge in [-0.2, -0.15) is 0 Å². The minimum Gasteiger partial charge on any atom is -0.460 e. The van der Waals surface area contributed by atoms with Crippen LogP contribution < -0.4 is 0 Å². The van der Waals surface area contributed by atoms with E-state index in [1.165, 1.54) is 11.8 Å². The second-order valence-electron chi connectivity index (χ2n) is 2.78. The molecule has 1 rings (SSSR count). The number of ketones is 1. The van der Waals surface area contributed by atoms with E-state index in [1.54, 1.807) is 25.1 Å². The Morgan fingerprint density at radius 3 is 2.73 bits per heavy atom. The van der Waals surface area contributed by atoms with Crippen molar-refractivity contribution in [2.75, 3.05) is 12.9 Å². The lowest BCUT2D eigenvalue weighted by molar-refractivity contribution is -0.137. The third-order valence-electron chi connectivity index (χ3n) is 1.79. The summed E-state index contributed by atoms with van der Waals surface area (Å²) in [7, 11) is 0. The van der Waals surface area contributed by atoms with Crippen LogP contribution >= 0.6 is 11.8 Å². The maximum atomic E-state index is 11.5. The summed E-state index contributed by atoms with van der Waals surface area (Å²) in [5.74, 6) is -1.39. The lowest BCUT2D eigenvalue weighted by Gasteiger charge is -2.02. The molecule has 1 aromatic carbocycles. The van der Waals surface area contributed by atoms with Crippen LogP contribution in [0.1, 0.15) is 17.3 Å². The van der Waals surface area contributed by atoms with Gasteiger partial charge in [-0.15, -0.1) is 11.8 Å². The minimum absolute atomic E-state index is 0.215. The van der Waals surface area contributed by atoms with Crippen LogP contribution in [0.3, 0.4) is 0 Å². The van der Waals surface area contributed by atoms with Gasteiger partial charge in [0.05, 0.1) is 6.61 Å². The molecule has 0 aliphatic heterocycles. The number of thioether (sulfide) groups is 1. The zero-order valence-corrected chi connectivity index (χ0v) is 9.47. The highest BCUT2D eigenvalue weighted by Gasteiger charge is 2.17. The largest absolute Gasteiger partial charge is 0.460 e. The highest BCUT2D eigenvalue weighted by molar-refractivity contribution is 7.98. The first kappa shape index (κ1) is 11.8. The van der Waals surface area contributed by atoms with Crippen molar-refractivity contribution in [3.63, 3.8) is 0 Å². The molecular weight excluding hydrogens is 212 g/mol. The molecule has 0 aliphatic rings. The summed E-state index contributed by atoms with van der Waals surface area (Å²) in [4.78, 5) is 23.6. The number of carbonyl (C=O) groups is 2. The van der Waals surface area contributed by atoms with E-state index in [-0.39, 0.29) is 6.61 Å². The first-order valence-corrected chi connectivity index (χ1v) is 5.77. The van der Waals surface area contributed by atoms with E-state index < -0.39 is 11.8 Å². The predicted octanol–water partition coefficient (Wildman–Crippen LogP) is 2.15. The van der Waals surface area contributed by atoms with Crippen LogP contribution in [-0.4, -0.2) is 24.6 Å². The van der Waals surface area contributed by atoms with Crippen LogP contribution in [0.25, 0.3) is 0 Å². The fraction of sp³-hybridized carbons (Fsp3) is 0.273. The quantitative estimate of drug-likeness (QED) is 0.340. The number of benzene rings is 1. The van der Waals surface area contributed by atoms with Crippen molar-refractivity contribution >= 4 is 23.5 Å². The van der Waals surface area contributed by atoms with E-state index in [2.05, 4.69) is 4.74 Å². The zero-order valence-electron chi connectivity index (χ0n) is 8.65. The van der Waals surface area contributed by atoms with Gasteiger partial charge in [0.2, 0.25) is 0 Å². The number of hydrogen-bond acceptors (Lipinski definition) is 4. The van der Waals surface area contributed by atoms with Gasteiger partial charge in [-0.1, -0.05) is 12.1 Å². The number of carbonyl (C=O) groups excluding carboxylic acids is 2. The van der Waals surface area contributed by atoms with Gasteiger partial charge >= 0.3 is 5.97 Å². The van der Waals surface area contributed by atoms with E-state index >= 15 is 0 Å². The molecule has 0 aliphatic carbocycles. The van der Waals surface area contributed by atoms with Crippen molar-refractivity contribution < 1.29 is 14.3 Å². The second kappa shape index (κ2) is 5.56. The second-order valence-corrected chi connectivity index (χ2v) is 3.66. The molecule has 0 fully saturated rings. The van der Waals surface area contributed by atoms with Crippen molar-refractivity contribution in [2.45, 2.75) is 11.8 Å². The first-order chi connectivity index (χ1) is 7.19. The maximum Gasteiger partial charge on any atom is 0.379 e. The van der Waals surface area contributed by atoms with Gasteiger partial charge in [0.1, 0.15) is 0 Å². The number of esters is 1. The number of rotatable bonds is 4. The summed E-state index contributed by atoms with van der Waals surface area (Å²) in [6, 6.07) is 6.92. The van der Waals surface area contributed by atoms with Crippen LogP contribution in [0.4, 0.5) is 0 Å². The normalized spacial score (nSPS) is 9.73. The summed E-state index contributed by atoms with van der Waals surface area (Å²) in [5, 5.41) is 0. The van der Waals surface area contributed by atoms with Crippen molar-refractivity contribution in [3.8, 4) is 0 Å². The molecule has 3 nitrogen and oxygen atoms in total. The smallest absolute Gasteiger partial charge is 0.379 e. The van der Waals surface area contributed by atoms with Gasteiger partial charge in [-0.3, -0.25) is 4.79 Å². The first-order valence-electron chi connectivity index (χ1n) is 4.54. The monoisotopic (exact) mass is 224 g/mol. The van der Waals surface area contributed by atoms with Crippen LogP contribution in [-0.2, 0) is 9.53 Å². The van der Waals surface area contributed by atoms with E-state index in [0.717, 1.165) is 4.90 Å². The Bertz CT molecular complexity index is 374. The van der Waals surface area contributed by atoms with Gasteiger partial charge in [0.25, 0.3) is 5.78 Å². The highest BCUT2D eigenvalue weighted by Crippen LogP contribution is 2.16. The standard InChI is InChI=1S/C11H12O3S/c1-3-14-11(13)10(12)8-5-4-6-9(7-8)15-2/h4-7H,3H2,1-2H3. The Morgan fingerprint density at radius 2 is 2.13 bits per heavy atom. The third kappa shape index (κ3) is 3.09. The summed E-state index contributed by atoms with van der Waals surface area (Å²) >= 11 is 1.52. The molecule has 0 atom stereocenters. The highest BCUT2D eigenvalue weighted by atomic mass is 32.2. The molecule has 15 heavy (non-hydrogen) atoms. The Hall–Kier alpha value is -1.29. The summed E-state index contributed by atoms with van der Waals surface area (Å²) in [6.07, 6.45) is 1.91. The van der Waals surface area contributed by atoms with E-state index in [1.807, 2.05) is 12.3 Å². The Balaban J connectivity index is 2.86. The Kier molecular flexibility index (Phi) is 4.37. The molecule has 1 aromatic rings. The van der Waals surface area contributed by atoms with Gasteiger partial charge < -0.3 is 4.74 Å². The lowest BCUT2D eigenvalue weighted by atomic mass is 10.1. The van der Waals surface area contributed by atoms with Gasteiger partial charge in [0, 0.05) is 10.5 Å². The predicted molar refractivity (Wildman–Crippen MR) is 59.2 cm³/mol. The van der Waals surface area contributed by atoms with Crippen LogP contribution in [0.5, 0.6) is 0 Å². The molecule has 0 aromatic heterocycles.